The van der Waals surface area contributed by atoms with Gasteiger partial charge in [-0.2, -0.15) is 0 Å². The Kier molecular flexibility index (Phi) is 7.01. The highest BCUT2D eigenvalue weighted by Crippen LogP contribution is 2.29. The summed E-state index contributed by atoms with van der Waals surface area (Å²) in [6.45, 7) is 9.00. The molecule has 2 atom stereocenters. The van der Waals surface area contributed by atoms with Crippen molar-refractivity contribution in [1.82, 2.24) is 10.2 Å². The van der Waals surface area contributed by atoms with E-state index in [2.05, 4.69) is 33.0 Å². The number of nitrogens with zero attached hydrogens (tertiary/aromatic N) is 1. The van der Waals surface area contributed by atoms with Gasteiger partial charge in [-0.15, -0.1) is 11.3 Å². The number of thiophene rings is 1. The molecule has 1 saturated heterocycles. The predicted molar refractivity (Wildman–Crippen MR) is 120 cm³/mol. The molecule has 1 aromatic carbocycles. The molecule has 1 N–H and O–H groups in total. The van der Waals surface area contributed by atoms with E-state index in [1.807, 2.05) is 35.7 Å². The van der Waals surface area contributed by atoms with Crippen molar-refractivity contribution in [3.8, 4) is 11.1 Å². The third kappa shape index (κ3) is 5.40. The molecule has 2 aromatic rings. The van der Waals surface area contributed by atoms with Crippen molar-refractivity contribution in [3.63, 3.8) is 0 Å². The van der Waals surface area contributed by atoms with Crippen LogP contribution in [0.2, 0.25) is 5.02 Å². The number of hydrogen-bond donors (Lipinski definition) is 1. The highest BCUT2D eigenvalue weighted by molar-refractivity contribution is 7.12. The lowest BCUT2D eigenvalue weighted by atomic mass is 9.95. The molecule has 3 rings (SSSR count). The first-order chi connectivity index (χ1) is 13.7. The first kappa shape index (κ1) is 21.8. The molecule has 0 bridgehead atoms. The third-order valence-electron chi connectivity index (χ3n) is 5.14. The molecule has 0 radical (unpaired) electrons. The van der Waals surface area contributed by atoms with Gasteiger partial charge >= 0.3 is 0 Å². The maximum atomic E-state index is 13.4. The fraction of sp³-hybridized carbons (Fsp3) is 0.478. The lowest BCUT2D eigenvalue weighted by molar-refractivity contribution is -0.130. The van der Waals surface area contributed by atoms with Crippen LogP contribution in [0.1, 0.15) is 50.2 Å². The maximum Gasteiger partial charge on any atom is 0.264 e. The number of halogens is 1. The predicted octanol–water partition coefficient (Wildman–Crippen LogP) is 5.47. The molecule has 1 aromatic heterocycles. The van der Waals surface area contributed by atoms with E-state index in [0.717, 1.165) is 17.5 Å². The van der Waals surface area contributed by atoms with E-state index in [1.165, 1.54) is 11.3 Å². The van der Waals surface area contributed by atoms with E-state index in [1.54, 1.807) is 4.90 Å². The summed E-state index contributed by atoms with van der Waals surface area (Å²) in [4.78, 5) is 28.7. The zero-order chi connectivity index (χ0) is 21.1. The van der Waals surface area contributed by atoms with Crippen LogP contribution in [0.15, 0.2) is 35.7 Å². The average Bonchev–Trinajstić information content (AvgIpc) is 3.13. The van der Waals surface area contributed by atoms with Crippen LogP contribution in [-0.2, 0) is 4.79 Å². The Morgan fingerprint density at radius 3 is 2.41 bits per heavy atom. The zero-order valence-electron chi connectivity index (χ0n) is 17.4. The molecular weight excluding hydrogens is 404 g/mol. The number of piperazine rings is 1. The molecule has 6 heteroatoms. The van der Waals surface area contributed by atoms with Crippen molar-refractivity contribution in [2.45, 2.75) is 52.6 Å². The van der Waals surface area contributed by atoms with Gasteiger partial charge in [0.15, 0.2) is 0 Å². The quantitative estimate of drug-likeness (QED) is 0.657. The second kappa shape index (κ2) is 9.31. The minimum absolute atomic E-state index is 0.00515. The molecule has 0 aliphatic carbocycles. The zero-order valence-corrected chi connectivity index (χ0v) is 19.0. The van der Waals surface area contributed by atoms with Crippen LogP contribution >= 0.6 is 22.9 Å². The van der Waals surface area contributed by atoms with Crippen molar-refractivity contribution in [1.29, 1.82) is 0 Å². The summed E-state index contributed by atoms with van der Waals surface area (Å²) in [5.74, 6) is 0.704. The SMILES string of the molecule is CC(C)CC1CN(C(=O)c2cc(-c3ccc(Cl)cc3)cs2)C(CC(C)C)C(=O)N1. The van der Waals surface area contributed by atoms with E-state index >= 15 is 0 Å². The van der Waals surface area contributed by atoms with Crippen LogP contribution in [0.4, 0.5) is 0 Å². The first-order valence-corrected chi connectivity index (χ1v) is 11.5. The van der Waals surface area contributed by atoms with Crippen molar-refractivity contribution in [3.05, 3.63) is 45.6 Å². The first-order valence-electron chi connectivity index (χ1n) is 10.2. The van der Waals surface area contributed by atoms with Crippen molar-refractivity contribution in [2.75, 3.05) is 6.54 Å². The van der Waals surface area contributed by atoms with Gasteiger partial charge in [-0.25, -0.2) is 0 Å². The Morgan fingerprint density at radius 2 is 1.79 bits per heavy atom. The number of benzene rings is 1. The van der Waals surface area contributed by atoms with Gasteiger partial charge < -0.3 is 10.2 Å². The highest BCUT2D eigenvalue weighted by Gasteiger charge is 2.38. The molecule has 2 unspecified atom stereocenters. The summed E-state index contributed by atoms with van der Waals surface area (Å²) in [5, 5.41) is 5.81. The monoisotopic (exact) mass is 432 g/mol. The maximum absolute atomic E-state index is 13.4. The molecular formula is C23H29ClN2O2S. The number of amides is 2. The van der Waals surface area contributed by atoms with E-state index < -0.39 is 6.04 Å². The van der Waals surface area contributed by atoms with Gasteiger partial charge in [0.25, 0.3) is 5.91 Å². The van der Waals surface area contributed by atoms with Crippen LogP contribution in [-0.4, -0.2) is 35.3 Å². The van der Waals surface area contributed by atoms with Gasteiger partial charge in [-0.3, -0.25) is 9.59 Å². The highest BCUT2D eigenvalue weighted by atomic mass is 35.5. The summed E-state index contributed by atoms with van der Waals surface area (Å²) < 4.78 is 0. The lowest BCUT2D eigenvalue weighted by Crippen LogP contribution is -2.62. The molecule has 1 aliphatic heterocycles. The number of carbonyl (C=O) groups excluding carboxylic acids is 2. The molecule has 4 nitrogen and oxygen atoms in total. The van der Waals surface area contributed by atoms with E-state index in [9.17, 15) is 9.59 Å². The fourth-order valence-electron chi connectivity index (χ4n) is 3.84. The molecule has 1 fully saturated rings. The minimum atomic E-state index is -0.410. The van der Waals surface area contributed by atoms with Crippen LogP contribution in [0.25, 0.3) is 11.1 Å². The van der Waals surface area contributed by atoms with Crippen LogP contribution in [0.5, 0.6) is 0 Å². The average molecular weight is 433 g/mol. The van der Waals surface area contributed by atoms with Gasteiger partial charge in [0, 0.05) is 17.6 Å². The Bertz CT molecular complexity index is 860. The van der Waals surface area contributed by atoms with Gasteiger partial charge in [0.05, 0.1) is 4.88 Å². The molecule has 29 heavy (non-hydrogen) atoms. The summed E-state index contributed by atoms with van der Waals surface area (Å²) in [7, 11) is 0. The standard InChI is InChI=1S/C23H29ClN2O2S/c1-14(2)9-19-12-26(20(10-15(3)4)22(27)25-19)23(28)21-11-17(13-29-21)16-5-7-18(24)8-6-16/h5-8,11,13-15,19-20H,9-10,12H2,1-4H3,(H,25,27). The summed E-state index contributed by atoms with van der Waals surface area (Å²) in [5.41, 5.74) is 2.02. The topological polar surface area (TPSA) is 49.4 Å². The largest absolute Gasteiger partial charge is 0.350 e. The Hall–Kier alpha value is -1.85. The molecule has 1 aliphatic rings. The number of nitrogens with one attached hydrogen (secondary N) is 1. The van der Waals surface area contributed by atoms with E-state index in [4.69, 9.17) is 11.6 Å². The molecule has 156 valence electrons. The summed E-state index contributed by atoms with van der Waals surface area (Å²) in [6.07, 6.45) is 1.53. The molecule has 2 amide bonds. The van der Waals surface area contributed by atoms with Gasteiger partial charge in [-0.05, 0) is 59.4 Å². The fourth-order valence-corrected chi connectivity index (χ4v) is 4.84. The second-order valence-electron chi connectivity index (χ2n) is 8.64. The molecule has 0 saturated carbocycles. The number of carbonyl (C=O) groups is 2. The van der Waals surface area contributed by atoms with Crippen molar-refractivity contribution < 1.29 is 9.59 Å². The van der Waals surface area contributed by atoms with E-state index in [-0.39, 0.29) is 17.9 Å². The summed E-state index contributed by atoms with van der Waals surface area (Å²) >= 11 is 7.41. The van der Waals surface area contributed by atoms with Gasteiger partial charge in [-0.1, -0.05) is 51.4 Å². The Labute approximate surface area is 182 Å². The van der Waals surface area contributed by atoms with Crippen LogP contribution in [0.3, 0.4) is 0 Å². The normalized spacial score (nSPS) is 19.7. The van der Waals surface area contributed by atoms with Gasteiger partial charge in [0.2, 0.25) is 5.91 Å². The van der Waals surface area contributed by atoms with Crippen molar-refractivity contribution >= 4 is 34.8 Å². The smallest absolute Gasteiger partial charge is 0.264 e. The third-order valence-corrected chi connectivity index (χ3v) is 6.31. The number of rotatable bonds is 6. The van der Waals surface area contributed by atoms with Crippen LogP contribution < -0.4 is 5.32 Å². The van der Waals surface area contributed by atoms with E-state index in [0.29, 0.717) is 34.7 Å². The minimum Gasteiger partial charge on any atom is -0.350 e. The van der Waals surface area contributed by atoms with Gasteiger partial charge in [0.1, 0.15) is 6.04 Å². The number of hydrogen-bond acceptors (Lipinski definition) is 3. The lowest BCUT2D eigenvalue weighted by Gasteiger charge is -2.40. The molecule has 0 spiro atoms. The Balaban J connectivity index is 1.85. The van der Waals surface area contributed by atoms with Crippen molar-refractivity contribution in [2.24, 2.45) is 11.8 Å². The Morgan fingerprint density at radius 1 is 1.14 bits per heavy atom. The second-order valence-corrected chi connectivity index (χ2v) is 9.99. The summed E-state index contributed by atoms with van der Waals surface area (Å²) in [6, 6.07) is 9.12. The molecule has 2 heterocycles. The van der Waals surface area contributed by atoms with Crippen LogP contribution in [0, 0.1) is 11.8 Å².